The van der Waals surface area contributed by atoms with Crippen molar-refractivity contribution in [2.24, 2.45) is 0 Å². The van der Waals surface area contributed by atoms with Gasteiger partial charge in [-0.1, -0.05) is 15.9 Å². The number of benzene rings is 1. The molecule has 7 heteroatoms. The number of imidazole rings is 1. The van der Waals surface area contributed by atoms with Crippen molar-refractivity contribution >= 4 is 21.9 Å². The van der Waals surface area contributed by atoms with Gasteiger partial charge >= 0.3 is 5.97 Å². The van der Waals surface area contributed by atoms with Crippen LogP contribution in [-0.4, -0.2) is 23.0 Å². The minimum absolute atomic E-state index is 0.000723. The van der Waals surface area contributed by atoms with Crippen LogP contribution in [0.15, 0.2) is 16.6 Å². The predicted octanol–water partition coefficient (Wildman–Crippen LogP) is 3.21. The quantitative estimate of drug-likeness (QED) is 0.860. The SMILES string of the molecule is COC(=O)c1nc(-c2c(F)cc(Br)cc2F)[nH]c1C. The van der Waals surface area contributed by atoms with Gasteiger partial charge in [0, 0.05) is 10.2 Å². The topological polar surface area (TPSA) is 55.0 Å². The first-order valence-electron chi connectivity index (χ1n) is 5.24. The van der Waals surface area contributed by atoms with Crippen LogP contribution in [-0.2, 0) is 4.74 Å². The highest BCUT2D eigenvalue weighted by molar-refractivity contribution is 9.10. The second kappa shape index (κ2) is 5.08. The molecular weight excluding hydrogens is 322 g/mol. The van der Waals surface area contributed by atoms with E-state index in [0.29, 0.717) is 5.69 Å². The van der Waals surface area contributed by atoms with E-state index in [4.69, 9.17) is 0 Å². The van der Waals surface area contributed by atoms with Gasteiger partial charge in [0.2, 0.25) is 0 Å². The van der Waals surface area contributed by atoms with E-state index >= 15 is 0 Å². The number of aromatic nitrogens is 2. The summed E-state index contributed by atoms with van der Waals surface area (Å²) in [6.07, 6.45) is 0. The van der Waals surface area contributed by atoms with Gasteiger partial charge in [-0.15, -0.1) is 0 Å². The molecule has 1 aromatic heterocycles. The summed E-state index contributed by atoms with van der Waals surface area (Å²) in [7, 11) is 1.21. The molecule has 2 aromatic rings. The van der Waals surface area contributed by atoms with Crippen LogP contribution in [0.2, 0.25) is 0 Å². The molecule has 0 atom stereocenters. The Kier molecular flexibility index (Phi) is 3.66. The molecular formula is C12H9BrF2N2O2. The first-order valence-corrected chi connectivity index (χ1v) is 6.03. The molecule has 1 heterocycles. The molecule has 0 radical (unpaired) electrons. The summed E-state index contributed by atoms with van der Waals surface area (Å²) in [6.45, 7) is 1.57. The van der Waals surface area contributed by atoms with Crippen molar-refractivity contribution in [2.45, 2.75) is 6.92 Å². The van der Waals surface area contributed by atoms with Crippen molar-refractivity contribution in [3.8, 4) is 11.4 Å². The lowest BCUT2D eigenvalue weighted by molar-refractivity contribution is 0.0594. The van der Waals surface area contributed by atoms with Gasteiger partial charge in [0.05, 0.1) is 12.7 Å². The van der Waals surface area contributed by atoms with Gasteiger partial charge in [0.25, 0.3) is 0 Å². The van der Waals surface area contributed by atoms with E-state index in [0.717, 1.165) is 12.1 Å². The number of nitrogens with zero attached hydrogens (tertiary/aromatic N) is 1. The zero-order chi connectivity index (χ0) is 14.2. The van der Waals surface area contributed by atoms with E-state index in [1.807, 2.05) is 0 Å². The molecule has 0 spiro atoms. The fourth-order valence-corrected chi connectivity index (χ4v) is 2.04. The summed E-state index contributed by atoms with van der Waals surface area (Å²) in [6, 6.07) is 2.24. The van der Waals surface area contributed by atoms with Gasteiger partial charge < -0.3 is 9.72 Å². The van der Waals surface area contributed by atoms with Crippen LogP contribution in [0.5, 0.6) is 0 Å². The Labute approximate surface area is 115 Å². The number of carbonyl (C=O) groups is 1. The molecule has 0 saturated carbocycles. The molecule has 1 N–H and O–H groups in total. The maximum absolute atomic E-state index is 13.8. The fourth-order valence-electron chi connectivity index (χ4n) is 1.64. The Bertz CT molecular complexity index is 632. The van der Waals surface area contributed by atoms with E-state index in [-0.39, 0.29) is 21.6 Å². The number of ether oxygens (including phenoxy) is 1. The highest BCUT2D eigenvalue weighted by Gasteiger charge is 2.20. The van der Waals surface area contributed by atoms with Crippen molar-refractivity contribution in [3.63, 3.8) is 0 Å². The van der Waals surface area contributed by atoms with Crippen LogP contribution in [0.4, 0.5) is 8.78 Å². The number of H-pyrrole nitrogens is 1. The largest absolute Gasteiger partial charge is 0.464 e. The van der Waals surface area contributed by atoms with Gasteiger partial charge in [-0.05, 0) is 19.1 Å². The van der Waals surface area contributed by atoms with Gasteiger partial charge in [-0.3, -0.25) is 0 Å². The molecule has 2 rings (SSSR count). The monoisotopic (exact) mass is 330 g/mol. The summed E-state index contributed by atoms with van der Waals surface area (Å²) in [5.74, 6) is -2.28. The van der Waals surface area contributed by atoms with Crippen LogP contribution < -0.4 is 0 Å². The first kappa shape index (κ1) is 13.7. The average Bonchev–Trinajstić information content (AvgIpc) is 2.68. The molecule has 0 fully saturated rings. The minimum Gasteiger partial charge on any atom is -0.464 e. The summed E-state index contributed by atoms with van der Waals surface area (Å²) in [5, 5.41) is 0. The highest BCUT2D eigenvalue weighted by Crippen LogP contribution is 2.27. The zero-order valence-electron chi connectivity index (χ0n) is 10.1. The van der Waals surface area contributed by atoms with Gasteiger partial charge in [0.15, 0.2) is 5.69 Å². The Morgan fingerprint density at radius 1 is 1.37 bits per heavy atom. The normalized spacial score (nSPS) is 10.6. The second-order valence-electron chi connectivity index (χ2n) is 3.80. The molecule has 0 unspecified atom stereocenters. The van der Waals surface area contributed by atoms with E-state index in [2.05, 4.69) is 30.6 Å². The number of halogens is 3. The molecule has 100 valence electrons. The van der Waals surface area contributed by atoms with Gasteiger partial charge in [0.1, 0.15) is 17.5 Å². The number of hydrogen-bond acceptors (Lipinski definition) is 3. The van der Waals surface area contributed by atoms with Crippen LogP contribution in [0.3, 0.4) is 0 Å². The summed E-state index contributed by atoms with van der Waals surface area (Å²) < 4.78 is 32.4. The maximum atomic E-state index is 13.8. The minimum atomic E-state index is -0.781. The van der Waals surface area contributed by atoms with E-state index < -0.39 is 17.6 Å². The van der Waals surface area contributed by atoms with E-state index in [1.165, 1.54) is 7.11 Å². The predicted molar refractivity (Wildman–Crippen MR) is 67.7 cm³/mol. The molecule has 4 nitrogen and oxygen atoms in total. The third-order valence-electron chi connectivity index (χ3n) is 2.51. The van der Waals surface area contributed by atoms with Crippen molar-refractivity contribution in [2.75, 3.05) is 7.11 Å². The third kappa shape index (κ3) is 2.51. The first-order chi connectivity index (χ1) is 8.93. The Balaban J connectivity index is 2.58. The lowest BCUT2D eigenvalue weighted by Crippen LogP contribution is -2.03. The van der Waals surface area contributed by atoms with Gasteiger partial charge in [-0.25, -0.2) is 18.6 Å². The lowest BCUT2D eigenvalue weighted by Gasteiger charge is -2.02. The number of hydrogen-bond donors (Lipinski definition) is 1. The number of rotatable bonds is 2. The molecule has 19 heavy (non-hydrogen) atoms. The molecule has 0 aliphatic heterocycles. The number of nitrogens with one attached hydrogen (secondary N) is 1. The van der Waals surface area contributed by atoms with Crippen molar-refractivity contribution in [1.29, 1.82) is 0 Å². The van der Waals surface area contributed by atoms with Crippen molar-refractivity contribution in [3.05, 3.63) is 39.6 Å². The molecule has 0 saturated heterocycles. The number of methoxy groups -OCH3 is 1. The Hall–Kier alpha value is -1.76. The Morgan fingerprint density at radius 3 is 2.47 bits per heavy atom. The van der Waals surface area contributed by atoms with E-state index in [9.17, 15) is 13.6 Å². The number of esters is 1. The molecule has 0 amide bonds. The van der Waals surface area contributed by atoms with E-state index in [1.54, 1.807) is 6.92 Å². The van der Waals surface area contributed by atoms with Crippen LogP contribution >= 0.6 is 15.9 Å². The summed E-state index contributed by atoms with van der Waals surface area (Å²) in [5.41, 5.74) is 0.0595. The fraction of sp³-hybridized carbons (Fsp3) is 0.167. The second-order valence-corrected chi connectivity index (χ2v) is 4.71. The number of carbonyl (C=O) groups excluding carboxylic acids is 1. The summed E-state index contributed by atoms with van der Waals surface area (Å²) in [4.78, 5) is 17.9. The Morgan fingerprint density at radius 2 is 1.95 bits per heavy atom. The van der Waals surface area contributed by atoms with Crippen molar-refractivity contribution < 1.29 is 18.3 Å². The molecule has 0 aliphatic carbocycles. The third-order valence-corrected chi connectivity index (χ3v) is 2.96. The summed E-state index contributed by atoms with van der Waals surface area (Å²) >= 11 is 2.99. The maximum Gasteiger partial charge on any atom is 0.358 e. The zero-order valence-corrected chi connectivity index (χ0v) is 11.6. The van der Waals surface area contributed by atoms with Crippen molar-refractivity contribution in [1.82, 2.24) is 9.97 Å². The average molecular weight is 331 g/mol. The number of aromatic amines is 1. The lowest BCUT2D eigenvalue weighted by atomic mass is 10.2. The van der Waals surface area contributed by atoms with Crippen LogP contribution in [0.25, 0.3) is 11.4 Å². The van der Waals surface area contributed by atoms with Crippen LogP contribution in [0.1, 0.15) is 16.2 Å². The molecule has 0 bridgehead atoms. The molecule has 1 aromatic carbocycles. The van der Waals surface area contributed by atoms with Crippen LogP contribution in [0, 0.1) is 18.6 Å². The number of aryl methyl sites for hydroxylation is 1. The molecule has 0 aliphatic rings. The highest BCUT2D eigenvalue weighted by atomic mass is 79.9. The smallest absolute Gasteiger partial charge is 0.358 e. The standard InChI is InChI=1S/C12H9BrF2N2O2/c1-5-10(12(18)19-2)17-11(16-5)9-7(14)3-6(13)4-8(9)15/h3-4H,1-2H3,(H,16,17). The van der Waals surface area contributed by atoms with Gasteiger partial charge in [-0.2, -0.15) is 0 Å².